The summed E-state index contributed by atoms with van der Waals surface area (Å²) in [5, 5.41) is 7.22. The number of piperidine rings is 1. The summed E-state index contributed by atoms with van der Waals surface area (Å²) in [6, 6.07) is 1.42. The Bertz CT molecular complexity index is 169. The molecule has 0 aromatic carbocycles. The quantitative estimate of drug-likeness (QED) is 0.687. The van der Waals surface area contributed by atoms with Crippen molar-refractivity contribution >= 4 is 0 Å². The molecule has 0 spiro atoms. The number of hydrogen-bond acceptors (Lipinski definition) is 3. The molecule has 2 fully saturated rings. The van der Waals surface area contributed by atoms with E-state index in [4.69, 9.17) is 4.74 Å². The Morgan fingerprint density at radius 1 is 1.21 bits per heavy atom. The number of hydrogen-bond donors (Lipinski definition) is 2. The Labute approximate surface area is 86.6 Å². The molecule has 0 aliphatic carbocycles. The van der Waals surface area contributed by atoms with Crippen LogP contribution >= 0.6 is 0 Å². The summed E-state index contributed by atoms with van der Waals surface area (Å²) in [5.41, 5.74) is 0. The maximum absolute atomic E-state index is 5.36. The van der Waals surface area contributed by atoms with Crippen LogP contribution in [-0.2, 0) is 4.74 Å². The smallest absolute Gasteiger partial charge is 0.0480 e. The maximum Gasteiger partial charge on any atom is 0.0480 e. The van der Waals surface area contributed by atoms with Crippen LogP contribution in [0.25, 0.3) is 0 Å². The second-order valence-corrected chi connectivity index (χ2v) is 4.63. The first-order chi connectivity index (χ1) is 6.86. The van der Waals surface area contributed by atoms with E-state index in [9.17, 15) is 0 Å². The van der Waals surface area contributed by atoms with Crippen molar-refractivity contribution in [2.75, 3.05) is 26.3 Å². The molecule has 3 nitrogen and oxygen atoms in total. The van der Waals surface area contributed by atoms with Gasteiger partial charge in [0.15, 0.2) is 0 Å². The van der Waals surface area contributed by atoms with Crippen LogP contribution in [0.1, 0.15) is 26.2 Å². The zero-order valence-electron chi connectivity index (χ0n) is 9.09. The van der Waals surface area contributed by atoms with E-state index < -0.39 is 0 Å². The van der Waals surface area contributed by atoms with Gasteiger partial charge < -0.3 is 15.4 Å². The highest BCUT2D eigenvalue weighted by Gasteiger charge is 2.24. The molecule has 2 rings (SSSR count). The first kappa shape index (κ1) is 10.4. The molecular formula is C11H22N2O. The standard InChI is InChI=1S/C11H22N2O/c1-9-8-12-5-2-11(9)13-10-3-6-14-7-4-10/h9-13H,2-8H2,1H3/t9-,11+/m1/s1. The Kier molecular flexibility index (Phi) is 3.79. The zero-order valence-corrected chi connectivity index (χ0v) is 9.09. The van der Waals surface area contributed by atoms with Crippen molar-refractivity contribution in [2.45, 2.75) is 38.3 Å². The average Bonchev–Trinajstić information content (AvgIpc) is 2.23. The molecule has 3 heteroatoms. The molecule has 82 valence electrons. The van der Waals surface area contributed by atoms with Crippen LogP contribution in [0.5, 0.6) is 0 Å². The van der Waals surface area contributed by atoms with E-state index in [0.29, 0.717) is 6.04 Å². The lowest BCUT2D eigenvalue weighted by atomic mass is 9.93. The van der Waals surface area contributed by atoms with Crippen LogP contribution in [0.15, 0.2) is 0 Å². The van der Waals surface area contributed by atoms with Crippen LogP contribution in [0.2, 0.25) is 0 Å². The van der Waals surface area contributed by atoms with E-state index in [1.54, 1.807) is 0 Å². The Hall–Kier alpha value is -0.120. The van der Waals surface area contributed by atoms with Gasteiger partial charge in [-0.2, -0.15) is 0 Å². The van der Waals surface area contributed by atoms with E-state index in [1.807, 2.05) is 0 Å². The summed E-state index contributed by atoms with van der Waals surface area (Å²) < 4.78 is 5.36. The molecule has 2 aliphatic rings. The van der Waals surface area contributed by atoms with Gasteiger partial charge >= 0.3 is 0 Å². The predicted octanol–water partition coefficient (Wildman–Crippen LogP) is 0.753. The van der Waals surface area contributed by atoms with Gasteiger partial charge in [0.2, 0.25) is 0 Å². The second kappa shape index (κ2) is 5.10. The van der Waals surface area contributed by atoms with Gasteiger partial charge in [0.25, 0.3) is 0 Å². The fourth-order valence-electron chi connectivity index (χ4n) is 2.43. The van der Waals surface area contributed by atoms with Gasteiger partial charge in [0, 0.05) is 25.3 Å². The minimum absolute atomic E-state index is 0.703. The zero-order chi connectivity index (χ0) is 9.80. The molecule has 2 saturated heterocycles. The van der Waals surface area contributed by atoms with Crippen molar-refractivity contribution in [3.05, 3.63) is 0 Å². The molecular weight excluding hydrogens is 176 g/mol. The van der Waals surface area contributed by atoms with Gasteiger partial charge in [-0.1, -0.05) is 6.92 Å². The predicted molar refractivity (Wildman–Crippen MR) is 57.4 cm³/mol. The van der Waals surface area contributed by atoms with Crippen molar-refractivity contribution in [3.8, 4) is 0 Å². The van der Waals surface area contributed by atoms with E-state index in [1.165, 1.54) is 32.4 Å². The highest BCUT2D eigenvalue weighted by atomic mass is 16.5. The number of rotatable bonds is 2. The summed E-state index contributed by atoms with van der Waals surface area (Å²) in [7, 11) is 0. The molecule has 2 N–H and O–H groups in total. The van der Waals surface area contributed by atoms with Gasteiger partial charge in [-0.3, -0.25) is 0 Å². The molecule has 0 radical (unpaired) electrons. The highest BCUT2D eigenvalue weighted by Crippen LogP contribution is 2.14. The van der Waals surface area contributed by atoms with E-state index in [0.717, 1.165) is 25.2 Å². The minimum atomic E-state index is 0.703. The van der Waals surface area contributed by atoms with Crippen LogP contribution in [0, 0.1) is 5.92 Å². The lowest BCUT2D eigenvalue weighted by molar-refractivity contribution is 0.0708. The third-order valence-corrected chi connectivity index (χ3v) is 3.46. The van der Waals surface area contributed by atoms with E-state index >= 15 is 0 Å². The summed E-state index contributed by atoms with van der Waals surface area (Å²) in [6.45, 7) is 6.56. The third-order valence-electron chi connectivity index (χ3n) is 3.46. The van der Waals surface area contributed by atoms with Crippen LogP contribution in [-0.4, -0.2) is 38.4 Å². The largest absolute Gasteiger partial charge is 0.381 e. The van der Waals surface area contributed by atoms with Crippen LogP contribution in [0.3, 0.4) is 0 Å². The highest BCUT2D eigenvalue weighted by molar-refractivity contribution is 4.84. The summed E-state index contributed by atoms with van der Waals surface area (Å²) in [5.74, 6) is 0.770. The fraction of sp³-hybridized carbons (Fsp3) is 1.00. The fourth-order valence-corrected chi connectivity index (χ4v) is 2.43. The normalized spacial score (nSPS) is 35.8. The Morgan fingerprint density at radius 3 is 2.71 bits per heavy atom. The summed E-state index contributed by atoms with van der Waals surface area (Å²) >= 11 is 0. The minimum Gasteiger partial charge on any atom is -0.381 e. The van der Waals surface area contributed by atoms with Gasteiger partial charge in [0.1, 0.15) is 0 Å². The molecule has 0 amide bonds. The van der Waals surface area contributed by atoms with Crippen LogP contribution < -0.4 is 10.6 Å². The van der Waals surface area contributed by atoms with Gasteiger partial charge in [-0.05, 0) is 38.3 Å². The molecule has 2 heterocycles. The van der Waals surface area contributed by atoms with Gasteiger partial charge in [-0.25, -0.2) is 0 Å². The van der Waals surface area contributed by atoms with E-state index in [2.05, 4.69) is 17.6 Å². The first-order valence-corrected chi connectivity index (χ1v) is 5.91. The number of nitrogens with one attached hydrogen (secondary N) is 2. The molecule has 2 aliphatic heterocycles. The third kappa shape index (κ3) is 2.69. The SMILES string of the molecule is C[C@@H]1CNCC[C@@H]1NC1CCOCC1. The maximum atomic E-state index is 5.36. The van der Waals surface area contributed by atoms with Crippen molar-refractivity contribution < 1.29 is 4.74 Å². The Balaban J connectivity index is 1.76. The van der Waals surface area contributed by atoms with Gasteiger partial charge in [-0.15, -0.1) is 0 Å². The first-order valence-electron chi connectivity index (χ1n) is 5.91. The molecule has 0 aromatic heterocycles. The summed E-state index contributed by atoms with van der Waals surface area (Å²) in [6.07, 6.45) is 3.66. The van der Waals surface area contributed by atoms with Crippen molar-refractivity contribution in [1.82, 2.24) is 10.6 Å². The lowest BCUT2D eigenvalue weighted by Crippen LogP contribution is -2.50. The topological polar surface area (TPSA) is 33.3 Å². The monoisotopic (exact) mass is 198 g/mol. The molecule has 0 aromatic rings. The summed E-state index contributed by atoms with van der Waals surface area (Å²) in [4.78, 5) is 0. The molecule has 0 unspecified atom stereocenters. The average molecular weight is 198 g/mol. The van der Waals surface area contributed by atoms with Crippen LogP contribution in [0.4, 0.5) is 0 Å². The molecule has 0 saturated carbocycles. The van der Waals surface area contributed by atoms with Crippen molar-refractivity contribution in [1.29, 1.82) is 0 Å². The molecule has 14 heavy (non-hydrogen) atoms. The second-order valence-electron chi connectivity index (χ2n) is 4.63. The number of ether oxygens (including phenoxy) is 1. The lowest BCUT2D eigenvalue weighted by Gasteiger charge is -2.35. The van der Waals surface area contributed by atoms with Crippen molar-refractivity contribution in [3.63, 3.8) is 0 Å². The van der Waals surface area contributed by atoms with Crippen molar-refractivity contribution in [2.24, 2.45) is 5.92 Å². The van der Waals surface area contributed by atoms with E-state index in [-0.39, 0.29) is 0 Å². The molecule has 2 atom stereocenters. The van der Waals surface area contributed by atoms with Gasteiger partial charge in [0.05, 0.1) is 0 Å². The molecule has 0 bridgehead atoms. The Morgan fingerprint density at radius 2 is 2.00 bits per heavy atom.